The topological polar surface area (TPSA) is 33.1 Å². The van der Waals surface area contributed by atoms with Crippen LogP contribution in [0.1, 0.15) is 10.6 Å². The van der Waals surface area contributed by atoms with Gasteiger partial charge < -0.3 is 5.11 Å². The van der Waals surface area contributed by atoms with E-state index in [0.29, 0.717) is 26.9 Å². The molecule has 0 aliphatic heterocycles. The summed E-state index contributed by atoms with van der Waals surface area (Å²) in [6.07, 6.45) is 0. The molecule has 1 aromatic carbocycles. The average Bonchev–Trinajstić information content (AvgIpc) is 2.71. The van der Waals surface area contributed by atoms with Gasteiger partial charge in [0.2, 0.25) is 0 Å². The lowest BCUT2D eigenvalue weighted by atomic mass is 10.1. The second-order valence-corrected chi connectivity index (χ2v) is 4.72. The fourth-order valence-corrected chi connectivity index (χ4v) is 2.32. The van der Waals surface area contributed by atoms with E-state index in [2.05, 4.69) is 4.98 Å². The van der Waals surface area contributed by atoms with Crippen molar-refractivity contribution in [1.29, 1.82) is 0 Å². The predicted octanol–water partition coefficient (Wildman–Crippen LogP) is 3.40. The highest BCUT2D eigenvalue weighted by Crippen LogP contribution is 2.30. The van der Waals surface area contributed by atoms with Crippen LogP contribution in [0.25, 0.3) is 11.3 Å². The summed E-state index contributed by atoms with van der Waals surface area (Å²) in [4.78, 5) is 4.15. The number of thiazole rings is 1. The van der Waals surface area contributed by atoms with E-state index in [9.17, 15) is 4.39 Å². The van der Waals surface area contributed by atoms with Crippen LogP contribution in [-0.2, 0) is 6.61 Å². The van der Waals surface area contributed by atoms with Crippen LogP contribution in [-0.4, -0.2) is 10.1 Å². The molecule has 0 radical (unpaired) electrons. The molecular weight excluding hydrogens is 249 g/mol. The number of benzene rings is 1. The number of nitrogens with zero attached hydrogens (tertiary/aromatic N) is 1. The third-order valence-electron chi connectivity index (χ3n) is 2.21. The zero-order valence-electron chi connectivity index (χ0n) is 8.50. The average molecular weight is 258 g/mol. The molecule has 2 rings (SSSR count). The smallest absolute Gasteiger partial charge is 0.126 e. The van der Waals surface area contributed by atoms with Crippen molar-refractivity contribution in [2.75, 3.05) is 0 Å². The summed E-state index contributed by atoms with van der Waals surface area (Å²) in [5, 5.41) is 11.7. The summed E-state index contributed by atoms with van der Waals surface area (Å²) in [6.45, 7) is 1.54. The van der Waals surface area contributed by atoms with Gasteiger partial charge in [-0.25, -0.2) is 9.37 Å². The number of hydrogen-bond donors (Lipinski definition) is 1. The third kappa shape index (κ3) is 2.09. The van der Waals surface area contributed by atoms with E-state index in [1.807, 2.05) is 0 Å². The van der Waals surface area contributed by atoms with E-state index in [-0.39, 0.29) is 12.4 Å². The van der Waals surface area contributed by atoms with Crippen molar-refractivity contribution in [1.82, 2.24) is 4.98 Å². The fourth-order valence-electron chi connectivity index (χ4n) is 1.35. The van der Waals surface area contributed by atoms with E-state index in [1.54, 1.807) is 18.4 Å². The minimum Gasteiger partial charge on any atom is -0.389 e. The van der Waals surface area contributed by atoms with E-state index in [0.717, 1.165) is 0 Å². The monoisotopic (exact) mass is 257 g/mol. The second kappa shape index (κ2) is 4.49. The van der Waals surface area contributed by atoms with Crippen LogP contribution in [0.3, 0.4) is 0 Å². The minimum absolute atomic E-state index is 0.114. The molecule has 5 heteroatoms. The molecule has 0 unspecified atom stereocenters. The van der Waals surface area contributed by atoms with Gasteiger partial charge in [0.05, 0.1) is 17.3 Å². The van der Waals surface area contributed by atoms with Gasteiger partial charge in [0, 0.05) is 10.9 Å². The Morgan fingerprint density at radius 1 is 1.50 bits per heavy atom. The number of rotatable bonds is 2. The Kier molecular flexibility index (Phi) is 3.23. The summed E-state index contributed by atoms with van der Waals surface area (Å²) in [5.41, 5.74) is 1.66. The molecule has 16 heavy (non-hydrogen) atoms. The first kappa shape index (κ1) is 11.5. The van der Waals surface area contributed by atoms with E-state index in [4.69, 9.17) is 16.7 Å². The predicted molar refractivity (Wildman–Crippen MR) is 63.2 cm³/mol. The molecule has 0 bridgehead atoms. The number of aliphatic hydroxyl groups excluding tert-OH is 1. The minimum atomic E-state index is -0.307. The van der Waals surface area contributed by atoms with Crippen LogP contribution in [0.4, 0.5) is 4.39 Å². The molecule has 1 heterocycles. The molecular formula is C11H9ClFNOS. The van der Waals surface area contributed by atoms with Gasteiger partial charge in [-0.1, -0.05) is 11.6 Å². The summed E-state index contributed by atoms with van der Waals surface area (Å²) in [7, 11) is 0. The van der Waals surface area contributed by atoms with Gasteiger partial charge in [-0.3, -0.25) is 0 Å². The van der Waals surface area contributed by atoms with Crippen molar-refractivity contribution in [3.05, 3.63) is 38.9 Å². The van der Waals surface area contributed by atoms with Gasteiger partial charge in [0.15, 0.2) is 0 Å². The maximum atomic E-state index is 13.4. The maximum Gasteiger partial charge on any atom is 0.126 e. The number of aryl methyl sites for hydroxylation is 1. The second-order valence-electron chi connectivity index (χ2n) is 3.37. The first-order chi connectivity index (χ1) is 7.61. The zero-order chi connectivity index (χ0) is 11.7. The first-order valence-corrected chi connectivity index (χ1v) is 5.89. The Morgan fingerprint density at radius 2 is 2.25 bits per heavy atom. The summed E-state index contributed by atoms with van der Waals surface area (Å²) in [6, 6.07) is 2.94. The van der Waals surface area contributed by atoms with E-state index >= 15 is 0 Å². The van der Waals surface area contributed by atoms with Crippen LogP contribution in [0.15, 0.2) is 17.5 Å². The molecule has 0 aliphatic carbocycles. The highest BCUT2D eigenvalue weighted by atomic mass is 35.5. The van der Waals surface area contributed by atoms with Gasteiger partial charge in [0.25, 0.3) is 0 Å². The molecule has 1 N–H and O–H groups in total. The Morgan fingerprint density at radius 3 is 2.88 bits per heavy atom. The number of aliphatic hydroxyl groups is 1. The Labute approximate surface area is 101 Å². The Balaban J connectivity index is 2.51. The lowest BCUT2D eigenvalue weighted by Crippen LogP contribution is -1.88. The molecule has 0 amide bonds. The van der Waals surface area contributed by atoms with Gasteiger partial charge in [-0.15, -0.1) is 11.3 Å². The normalized spacial score (nSPS) is 10.8. The molecule has 0 atom stereocenters. The molecule has 0 aliphatic rings. The Hall–Kier alpha value is -0.970. The van der Waals surface area contributed by atoms with Crippen LogP contribution < -0.4 is 0 Å². The molecule has 2 aromatic rings. The summed E-state index contributed by atoms with van der Waals surface area (Å²) >= 11 is 7.34. The van der Waals surface area contributed by atoms with Crippen molar-refractivity contribution in [2.45, 2.75) is 13.5 Å². The molecule has 0 fully saturated rings. The van der Waals surface area contributed by atoms with Crippen LogP contribution in [0.2, 0.25) is 5.02 Å². The number of hydrogen-bond acceptors (Lipinski definition) is 3. The van der Waals surface area contributed by atoms with Crippen molar-refractivity contribution in [2.24, 2.45) is 0 Å². The van der Waals surface area contributed by atoms with Crippen LogP contribution in [0, 0.1) is 12.7 Å². The quantitative estimate of drug-likeness (QED) is 0.894. The summed E-state index contributed by atoms with van der Waals surface area (Å²) in [5.74, 6) is -0.307. The number of aromatic nitrogens is 1. The van der Waals surface area contributed by atoms with Crippen molar-refractivity contribution in [3.8, 4) is 11.3 Å². The van der Waals surface area contributed by atoms with Gasteiger partial charge in [-0.2, -0.15) is 0 Å². The first-order valence-electron chi connectivity index (χ1n) is 4.63. The van der Waals surface area contributed by atoms with Crippen LogP contribution in [0.5, 0.6) is 0 Å². The molecule has 0 saturated carbocycles. The van der Waals surface area contributed by atoms with Crippen LogP contribution >= 0.6 is 22.9 Å². The van der Waals surface area contributed by atoms with E-state index in [1.165, 1.54) is 17.4 Å². The van der Waals surface area contributed by atoms with Crippen molar-refractivity contribution >= 4 is 22.9 Å². The highest BCUT2D eigenvalue weighted by Gasteiger charge is 2.11. The summed E-state index contributed by atoms with van der Waals surface area (Å²) < 4.78 is 13.4. The molecule has 1 aromatic heterocycles. The lowest BCUT2D eigenvalue weighted by molar-refractivity contribution is 0.281. The van der Waals surface area contributed by atoms with Crippen molar-refractivity contribution in [3.63, 3.8) is 0 Å². The van der Waals surface area contributed by atoms with Gasteiger partial charge >= 0.3 is 0 Å². The Bertz CT molecular complexity index is 527. The lowest BCUT2D eigenvalue weighted by Gasteiger charge is -2.03. The van der Waals surface area contributed by atoms with Gasteiger partial charge in [-0.05, 0) is 24.6 Å². The zero-order valence-corrected chi connectivity index (χ0v) is 10.1. The molecule has 2 nitrogen and oxygen atoms in total. The maximum absolute atomic E-state index is 13.4. The highest BCUT2D eigenvalue weighted by molar-refractivity contribution is 7.09. The molecule has 0 spiro atoms. The van der Waals surface area contributed by atoms with Crippen molar-refractivity contribution < 1.29 is 9.50 Å². The van der Waals surface area contributed by atoms with E-state index < -0.39 is 0 Å². The third-order valence-corrected chi connectivity index (χ3v) is 3.36. The molecule has 84 valence electrons. The van der Waals surface area contributed by atoms with Gasteiger partial charge in [0.1, 0.15) is 10.8 Å². The molecule has 0 saturated heterocycles. The number of halogens is 2. The largest absolute Gasteiger partial charge is 0.389 e. The SMILES string of the molecule is Cc1cc(Cl)c(-c2csc(CO)n2)cc1F. The fraction of sp³-hybridized carbons (Fsp3) is 0.182. The standard InChI is InChI=1S/C11H9ClFNOS/c1-6-2-8(12)7(3-9(6)13)10-5-16-11(4-15)14-10/h2-3,5,15H,4H2,1H3.